The van der Waals surface area contributed by atoms with Gasteiger partial charge in [-0.1, -0.05) is 37.8 Å². The van der Waals surface area contributed by atoms with Crippen molar-refractivity contribution in [3.05, 3.63) is 23.2 Å². The average molecular weight is 500 g/mol. The molecule has 3 aliphatic rings. The molecule has 9 heteroatoms. The van der Waals surface area contributed by atoms with Crippen molar-refractivity contribution < 1.29 is 4.74 Å². The van der Waals surface area contributed by atoms with Gasteiger partial charge in [0.15, 0.2) is 0 Å². The Morgan fingerprint density at radius 2 is 1.91 bits per heavy atom. The molecule has 1 aromatic carbocycles. The van der Waals surface area contributed by atoms with Gasteiger partial charge in [-0.3, -0.25) is 4.90 Å². The quantitative estimate of drug-likeness (QED) is 0.457. The first-order chi connectivity index (χ1) is 17.1. The smallest absolute Gasteiger partial charge is 0.236 e. The lowest BCUT2D eigenvalue weighted by atomic mass is 9.89. The van der Waals surface area contributed by atoms with Crippen LogP contribution in [-0.4, -0.2) is 58.2 Å². The van der Waals surface area contributed by atoms with Crippen molar-refractivity contribution in [1.82, 2.24) is 19.9 Å². The van der Waals surface area contributed by atoms with Crippen molar-refractivity contribution in [2.75, 3.05) is 42.1 Å². The highest BCUT2D eigenvalue weighted by atomic mass is 35.5. The Bertz CT molecular complexity index is 996. The van der Waals surface area contributed by atoms with E-state index in [0.29, 0.717) is 35.0 Å². The summed E-state index contributed by atoms with van der Waals surface area (Å²) in [5.74, 6) is 2.64. The molecule has 1 saturated heterocycles. The third-order valence-electron chi connectivity index (χ3n) is 7.49. The summed E-state index contributed by atoms with van der Waals surface area (Å²) in [6.45, 7) is 6.07. The van der Waals surface area contributed by atoms with Gasteiger partial charge in [0.2, 0.25) is 17.8 Å². The minimum absolute atomic E-state index is 0.227. The molecule has 1 aliphatic heterocycles. The number of benzene rings is 1. The van der Waals surface area contributed by atoms with Crippen LogP contribution in [0.25, 0.3) is 0 Å². The highest BCUT2D eigenvalue weighted by molar-refractivity contribution is 6.32. The van der Waals surface area contributed by atoms with E-state index in [1.54, 1.807) is 0 Å². The number of nitrogen functional groups attached to an aromatic ring is 1. The molecular formula is C26H38ClN7O. The van der Waals surface area contributed by atoms with Crippen LogP contribution in [0.3, 0.4) is 0 Å². The van der Waals surface area contributed by atoms with E-state index >= 15 is 0 Å². The Hall–Kier alpha value is -2.32. The minimum Gasteiger partial charge on any atom is -0.489 e. The zero-order valence-electron chi connectivity index (χ0n) is 20.8. The summed E-state index contributed by atoms with van der Waals surface area (Å²) >= 11 is 6.64. The monoisotopic (exact) mass is 499 g/mol. The lowest BCUT2D eigenvalue weighted by molar-refractivity contribution is 0.277. The van der Waals surface area contributed by atoms with Crippen LogP contribution in [0.5, 0.6) is 5.75 Å². The standard InChI is InChI=1S/C26H38ClN7O/c1-2-33-14-6-9-20(33)16-29-25-30-24(28)31-26(32-25)34(17-18-7-4-3-5-8-18)19-10-13-23(22(27)15-19)35-21-11-12-21/h10,13,15,18,20-21H,2-9,11-12,14,16-17H2,1H3,(H3,28,29,30,31,32). The maximum atomic E-state index is 6.64. The molecule has 2 aromatic rings. The largest absolute Gasteiger partial charge is 0.489 e. The fourth-order valence-corrected chi connectivity index (χ4v) is 5.60. The molecule has 2 heterocycles. The summed E-state index contributed by atoms with van der Waals surface area (Å²) in [5, 5.41) is 4.05. The molecule has 190 valence electrons. The van der Waals surface area contributed by atoms with Gasteiger partial charge < -0.3 is 20.7 Å². The van der Waals surface area contributed by atoms with Gasteiger partial charge in [-0.25, -0.2) is 0 Å². The summed E-state index contributed by atoms with van der Waals surface area (Å²) in [5.41, 5.74) is 7.13. The number of hydrogen-bond donors (Lipinski definition) is 2. The van der Waals surface area contributed by atoms with Crippen LogP contribution < -0.4 is 20.7 Å². The van der Waals surface area contributed by atoms with Gasteiger partial charge in [-0.05, 0) is 75.7 Å². The summed E-state index contributed by atoms with van der Waals surface area (Å²) in [6, 6.07) is 6.48. The summed E-state index contributed by atoms with van der Waals surface area (Å²) in [6.07, 6.45) is 11.2. The SMILES string of the molecule is CCN1CCCC1CNc1nc(N)nc(N(CC2CCCCC2)c2ccc(OC3CC3)c(Cl)c2)n1. The third kappa shape index (κ3) is 6.28. The first-order valence-corrected chi connectivity index (χ1v) is 13.7. The number of likely N-dealkylation sites (N-methyl/N-ethyl adjacent to an activating group) is 1. The van der Waals surface area contributed by atoms with Crippen LogP contribution in [-0.2, 0) is 0 Å². The van der Waals surface area contributed by atoms with E-state index in [1.165, 1.54) is 44.9 Å². The fraction of sp³-hybridized carbons (Fsp3) is 0.654. The molecule has 0 bridgehead atoms. The zero-order chi connectivity index (χ0) is 24.2. The zero-order valence-corrected chi connectivity index (χ0v) is 21.5. The number of anilines is 4. The normalized spacial score (nSPS) is 21.3. The van der Waals surface area contributed by atoms with Crippen LogP contribution in [0.4, 0.5) is 23.5 Å². The van der Waals surface area contributed by atoms with Crippen LogP contribution in [0.15, 0.2) is 18.2 Å². The molecule has 5 rings (SSSR count). The second-order valence-electron chi connectivity index (χ2n) is 10.2. The Morgan fingerprint density at radius 3 is 2.66 bits per heavy atom. The number of halogens is 1. The van der Waals surface area contributed by atoms with Crippen LogP contribution in [0, 0.1) is 5.92 Å². The molecule has 2 saturated carbocycles. The predicted octanol–water partition coefficient (Wildman–Crippen LogP) is 5.26. The number of rotatable bonds is 10. The molecule has 3 fully saturated rings. The molecule has 1 unspecified atom stereocenters. The molecular weight excluding hydrogens is 462 g/mol. The van der Waals surface area contributed by atoms with Crippen molar-refractivity contribution in [1.29, 1.82) is 0 Å². The Labute approximate surface area is 213 Å². The van der Waals surface area contributed by atoms with E-state index in [2.05, 4.69) is 38.1 Å². The molecule has 1 aromatic heterocycles. The summed E-state index contributed by atoms with van der Waals surface area (Å²) < 4.78 is 5.96. The van der Waals surface area contributed by atoms with Crippen LogP contribution >= 0.6 is 11.6 Å². The van der Waals surface area contributed by atoms with E-state index in [4.69, 9.17) is 27.1 Å². The first kappa shape index (κ1) is 24.4. The molecule has 8 nitrogen and oxygen atoms in total. The molecule has 0 spiro atoms. The number of nitrogens with zero attached hydrogens (tertiary/aromatic N) is 5. The van der Waals surface area contributed by atoms with Gasteiger partial charge in [-0.15, -0.1) is 0 Å². The number of ether oxygens (including phenoxy) is 1. The number of nitrogens with two attached hydrogens (primary N) is 1. The third-order valence-corrected chi connectivity index (χ3v) is 7.79. The molecule has 3 N–H and O–H groups in total. The maximum absolute atomic E-state index is 6.64. The predicted molar refractivity (Wildman–Crippen MR) is 142 cm³/mol. The fourth-order valence-electron chi connectivity index (χ4n) is 5.38. The Kier molecular flexibility index (Phi) is 7.78. The van der Waals surface area contributed by atoms with E-state index in [9.17, 15) is 0 Å². The van der Waals surface area contributed by atoms with Crippen molar-refractivity contribution in [2.45, 2.75) is 76.9 Å². The van der Waals surface area contributed by atoms with E-state index < -0.39 is 0 Å². The molecule has 0 radical (unpaired) electrons. The van der Waals surface area contributed by atoms with Crippen LogP contribution in [0.1, 0.15) is 64.7 Å². The Balaban J connectivity index is 1.38. The van der Waals surface area contributed by atoms with Gasteiger partial charge in [-0.2, -0.15) is 15.0 Å². The first-order valence-electron chi connectivity index (χ1n) is 13.3. The number of aromatic nitrogens is 3. The molecule has 35 heavy (non-hydrogen) atoms. The second-order valence-corrected chi connectivity index (χ2v) is 10.6. The lowest BCUT2D eigenvalue weighted by Crippen LogP contribution is -2.35. The van der Waals surface area contributed by atoms with E-state index in [0.717, 1.165) is 50.5 Å². The number of nitrogens with one attached hydrogen (secondary N) is 1. The average Bonchev–Trinajstić information content (AvgIpc) is 3.57. The minimum atomic E-state index is 0.227. The molecule has 0 amide bonds. The van der Waals surface area contributed by atoms with Crippen molar-refractivity contribution in [3.63, 3.8) is 0 Å². The maximum Gasteiger partial charge on any atom is 0.236 e. The second kappa shape index (κ2) is 11.2. The highest BCUT2D eigenvalue weighted by Crippen LogP contribution is 2.37. The highest BCUT2D eigenvalue weighted by Gasteiger charge is 2.27. The van der Waals surface area contributed by atoms with Gasteiger partial charge in [0.05, 0.1) is 11.1 Å². The molecule has 1 atom stereocenters. The summed E-state index contributed by atoms with van der Waals surface area (Å²) in [4.78, 5) is 18.4. The van der Waals surface area contributed by atoms with Crippen molar-refractivity contribution in [3.8, 4) is 5.75 Å². The molecule has 2 aliphatic carbocycles. The van der Waals surface area contributed by atoms with Gasteiger partial charge >= 0.3 is 0 Å². The van der Waals surface area contributed by atoms with Gasteiger partial charge in [0.1, 0.15) is 5.75 Å². The van der Waals surface area contributed by atoms with Gasteiger partial charge in [0.25, 0.3) is 0 Å². The van der Waals surface area contributed by atoms with E-state index in [-0.39, 0.29) is 5.95 Å². The van der Waals surface area contributed by atoms with E-state index in [1.807, 2.05) is 12.1 Å². The number of likely N-dealkylation sites (tertiary alicyclic amines) is 1. The van der Waals surface area contributed by atoms with Crippen molar-refractivity contribution in [2.24, 2.45) is 5.92 Å². The lowest BCUT2D eigenvalue weighted by Gasteiger charge is -2.30. The summed E-state index contributed by atoms with van der Waals surface area (Å²) in [7, 11) is 0. The van der Waals surface area contributed by atoms with Gasteiger partial charge in [0, 0.05) is 24.8 Å². The van der Waals surface area contributed by atoms with Crippen molar-refractivity contribution >= 4 is 35.1 Å². The topological polar surface area (TPSA) is 92.4 Å². The number of hydrogen-bond acceptors (Lipinski definition) is 8. The van der Waals surface area contributed by atoms with Crippen LogP contribution in [0.2, 0.25) is 5.02 Å². The Morgan fingerprint density at radius 1 is 1.09 bits per heavy atom.